The average molecular weight is 168 g/mol. The lowest BCUT2D eigenvalue weighted by Crippen LogP contribution is -2.34. The van der Waals surface area contributed by atoms with Gasteiger partial charge < -0.3 is 5.11 Å². The van der Waals surface area contributed by atoms with E-state index in [1.807, 2.05) is 6.92 Å². The van der Waals surface area contributed by atoms with Crippen molar-refractivity contribution >= 4 is 0 Å². The van der Waals surface area contributed by atoms with Gasteiger partial charge in [0.2, 0.25) is 0 Å². The first-order valence-corrected chi connectivity index (χ1v) is 4.76. The van der Waals surface area contributed by atoms with E-state index in [2.05, 4.69) is 20.4 Å². The molecule has 0 aromatic rings. The quantitative estimate of drug-likeness (QED) is 0.597. The Balaban J connectivity index is 2.60. The molecule has 1 nitrogen and oxygen atoms in total. The second-order valence-electron chi connectivity index (χ2n) is 4.93. The summed E-state index contributed by atoms with van der Waals surface area (Å²) in [7, 11) is 0. The number of hydrogen-bond donors (Lipinski definition) is 1. The standard InChI is InChI=1S/C11H20O/c1-8(2)9-5-6-11(3,4)7-10(9)12/h9-10,12H,1,5-7H2,2-4H3/t9-,10+/m1/s1. The molecule has 0 heterocycles. The zero-order valence-electron chi connectivity index (χ0n) is 8.43. The first-order chi connectivity index (χ1) is 5.42. The lowest BCUT2D eigenvalue weighted by Gasteiger charge is -2.38. The van der Waals surface area contributed by atoms with Crippen molar-refractivity contribution in [2.45, 2.75) is 46.1 Å². The average Bonchev–Trinajstić information content (AvgIpc) is 1.83. The molecule has 2 atom stereocenters. The second-order valence-corrected chi connectivity index (χ2v) is 4.93. The van der Waals surface area contributed by atoms with Crippen molar-refractivity contribution in [1.29, 1.82) is 0 Å². The minimum absolute atomic E-state index is 0.161. The smallest absolute Gasteiger partial charge is 0.0610 e. The Morgan fingerprint density at radius 3 is 2.50 bits per heavy atom. The first-order valence-electron chi connectivity index (χ1n) is 4.76. The van der Waals surface area contributed by atoms with Gasteiger partial charge in [0.1, 0.15) is 0 Å². The summed E-state index contributed by atoms with van der Waals surface area (Å²) >= 11 is 0. The highest BCUT2D eigenvalue weighted by molar-refractivity contribution is 5.03. The molecule has 1 saturated carbocycles. The molecule has 0 saturated heterocycles. The fraction of sp³-hybridized carbons (Fsp3) is 0.818. The lowest BCUT2D eigenvalue weighted by atomic mass is 9.70. The fourth-order valence-corrected chi connectivity index (χ4v) is 2.12. The molecule has 0 spiro atoms. The summed E-state index contributed by atoms with van der Waals surface area (Å²) in [5.41, 5.74) is 1.46. The molecule has 1 N–H and O–H groups in total. The minimum atomic E-state index is -0.161. The molecule has 1 heteroatoms. The SMILES string of the molecule is C=C(C)[C@H]1CCC(C)(C)C[C@@H]1O. The summed E-state index contributed by atoms with van der Waals surface area (Å²) in [6, 6.07) is 0. The summed E-state index contributed by atoms with van der Waals surface area (Å²) in [4.78, 5) is 0. The molecule has 0 unspecified atom stereocenters. The molecule has 1 fully saturated rings. The van der Waals surface area contributed by atoms with E-state index in [0.29, 0.717) is 11.3 Å². The van der Waals surface area contributed by atoms with Gasteiger partial charge >= 0.3 is 0 Å². The maximum atomic E-state index is 9.81. The Morgan fingerprint density at radius 2 is 2.08 bits per heavy atom. The van der Waals surface area contributed by atoms with Crippen LogP contribution in [-0.4, -0.2) is 11.2 Å². The zero-order valence-corrected chi connectivity index (χ0v) is 8.43. The van der Waals surface area contributed by atoms with Gasteiger partial charge in [0.15, 0.2) is 0 Å². The van der Waals surface area contributed by atoms with E-state index in [9.17, 15) is 5.11 Å². The van der Waals surface area contributed by atoms with Gasteiger partial charge in [-0.3, -0.25) is 0 Å². The van der Waals surface area contributed by atoms with Crippen LogP contribution >= 0.6 is 0 Å². The molecule has 1 aliphatic rings. The summed E-state index contributed by atoms with van der Waals surface area (Å²) in [6.45, 7) is 10.4. The summed E-state index contributed by atoms with van der Waals surface area (Å²) in [6.07, 6.45) is 3.07. The van der Waals surface area contributed by atoms with Crippen LogP contribution in [0.2, 0.25) is 0 Å². The van der Waals surface area contributed by atoms with Crippen molar-refractivity contribution in [2.24, 2.45) is 11.3 Å². The van der Waals surface area contributed by atoms with E-state index in [0.717, 1.165) is 18.4 Å². The molecular weight excluding hydrogens is 148 g/mol. The number of rotatable bonds is 1. The monoisotopic (exact) mass is 168 g/mol. The van der Waals surface area contributed by atoms with Crippen LogP contribution in [0.4, 0.5) is 0 Å². The Morgan fingerprint density at radius 1 is 1.50 bits per heavy atom. The minimum Gasteiger partial charge on any atom is -0.392 e. The molecular formula is C11H20O. The molecule has 0 aromatic heterocycles. The Kier molecular flexibility index (Phi) is 2.62. The topological polar surface area (TPSA) is 20.2 Å². The van der Waals surface area contributed by atoms with Crippen LogP contribution in [0.15, 0.2) is 12.2 Å². The first kappa shape index (κ1) is 9.79. The largest absolute Gasteiger partial charge is 0.392 e. The number of aliphatic hydroxyl groups excluding tert-OH is 1. The van der Waals surface area contributed by atoms with Crippen LogP contribution < -0.4 is 0 Å². The molecule has 0 aliphatic heterocycles. The third-order valence-corrected chi connectivity index (χ3v) is 2.99. The zero-order chi connectivity index (χ0) is 9.35. The van der Waals surface area contributed by atoms with Crippen LogP contribution in [0.3, 0.4) is 0 Å². The number of aliphatic hydroxyl groups is 1. The van der Waals surface area contributed by atoms with Crippen molar-refractivity contribution in [3.63, 3.8) is 0 Å². The highest BCUT2D eigenvalue weighted by atomic mass is 16.3. The van der Waals surface area contributed by atoms with Gasteiger partial charge in [-0.1, -0.05) is 26.0 Å². The van der Waals surface area contributed by atoms with Gasteiger partial charge in [0.25, 0.3) is 0 Å². The highest BCUT2D eigenvalue weighted by Crippen LogP contribution is 2.40. The Bertz CT molecular complexity index is 181. The predicted octanol–water partition coefficient (Wildman–Crippen LogP) is 2.75. The van der Waals surface area contributed by atoms with E-state index in [1.54, 1.807) is 0 Å². The summed E-state index contributed by atoms with van der Waals surface area (Å²) < 4.78 is 0. The highest BCUT2D eigenvalue weighted by Gasteiger charge is 2.33. The number of hydrogen-bond acceptors (Lipinski definition) is 1. The third-order valence-electron chi connectivity index (χ3n) is 2.99. The van der Waals surface area contributed by atoms with E-state index in [4.69, 9.17) is 0 Å². The normalized spacial score (nSPS) is 34.7. The summed E-state index contributed by atoms with van der Waals surface area (Å²) in [5.74, 6) is 0.345. The van der Waals surface area contributed by atoms with Crippen LogP contribution in [0.5, 0.6) is 0 Å². The lowest BCUT2D eigenvalue weighted by molar-refractivity contribution is 0.0303. The van der Waals surface area contributed by atoms with Crippen LogP contribution in [0.1, 0.15) is 40.0 Å². The van der Waals surface area contributed by atoms with E-state index in [1.165, 1.54) is 6.42 Å². The van der Waals surface area contributed by atoms with Gasteiger partial charge in [0.05, 0.1) is 6.10 Å². The fourth-order valence-electron chi connectivity index (χ4n) is 2.12. The molecule has 0 bridgehead atoms. The van der Waals surface area contributed by atoms with Crippen molar-refractivity contribution in [3.05, 3.63) is 12.2 Å². The maximum Gasteiger partial charge on any atom is 0.0610 e. The molecule has 0 aromatic carbocycles. The van der Waals surface area contributed by atoms with E-state index < -0.39 is 0 Å². The van der Waals surface area contributed by atoms with Crippen LogP contribution in [0.25, 0.3) is 0 Å². The van der Waals surface area contributed by atoms with E-state index in [-0.39, 0.29) is 6.10 Å². The summed E-state index contributed by atoms with van der Waals surface area (Å²) in [5, 5.41) is 9.81. The van der Waals surface area contributed by atoms with Gasteiger partial charge in [0, 0.05) is 5.92 Å². The van der Waals surface area contributed by atoms with Crippen molar-refractivity contribution in [2.75, 3.05) is 0 Å². The van der Waals surface area contributed by atoms with Crippen molar-refractivity contribution in [3.8, 4) is 0 Å². The Hall–Kier alpha value is -0.300. The van der Waals surface area contributed by atoms with E-state index >= 15 is 0 Å². The maximum absolute atomic E-state index is 9.81. The molecule has 0 amide bonds. The van der Waals surface area contributed by atoms with Gasteiger partial charge in [-0.25, -0.2) is 0 Å². The predicted molar refractivity (Wildman–Crippen MR) is 51.9 cm³/mol. The molecule has 12 heavy (non-hydrogen) atoms. The molecule has 1 aliphatic carbocycles. The Labute approximate surface area is 75.5 Å². The molecule has 1 rings (SSSR count). The molecule has 70 valence electrons. The van der Waals surface area contributed by atoms with Crippen molar-refractivity contribution in [1.82, 2.24) is 0 Å². The van der Waals surface area contributed by atoms with Gasteiger partial charge in [-0.2, -0.15) is 0 Å². The van der Waals surface area contributed by atoms with Crippen molar-refractivity contribution < 1.29 is 5.11 Å². The van der Waals surface area contributed by atoms with Crippen LogP contribution in [-0.2, 0) is 0 Å². The molecule has 0 radical (unpaired) electrons. The van der Waals surface area contributed by atoms with Gasteiger partial charge in [-0.05, 0) is 31.6 Å². The second kappa shape index (κ2) is 3.21. The van der Waals surface area contributed by atoms with Gasteiger partial charge in [-0.15, -0.1) is 0 Å². The third kappa shape index (κ3) is 2.10. The van der Waals surface area contributed by atoms with Crippen LogP contribution in [0, 0.1) is 11.3 Å².